The van der Waals surface area contributed by atoms with Crippen LogP contribution in [-0.2, 0) is 0 Å². The molecule has 0 rings (SSSR count). The molecule has 0 saturated heterocycles. The van der Waals surface area contributed by atoms with Gasteiger partial charge in [0.05, 0.1) is 11.0 Å². The lowest BCUT2D eigenvalue weighted by Gasteiger charge is -2.42. The first-order valence-corrected chi connectivity index (χ1v) is 7.98. The predicted molar refractivity (Wildman–Crippen MR) is 86.7 cm³/mol. The molecule has 0 aromatic rings. The zero-order valence-electron chi connectivity index (χ0n) is 15.1. The van der Waals surface area contributed by atoms with Gasteiger partial charge in [-0.05, 0) is 39.0 Å². The summed E-state index contributed by atoms with van der Waals surface area (Å²) < 4.78 is 29.8. The molecule has 126 valence electrons. The van der Waals surface area contributed by atoms with Crippen molar-refractivity contribution in [2.75, 3.05) is 0 Å². The fourth-order valence-electron chi connectivity index (χ4n) is 2.38. The lowest BCUT2D eigenvalue weighted by Crippen LogP contribution is -2.43. The van der Waals surface area contributed by atoms with Gasteiger partial charge in [0.2, 0.25) is 0 Å². The third kappa shape index (κ3) is 5.69. The van der Waals surface area contributed by atoms with Gasteiger partial charge in [-0.25, -0.2) is 8.78 Å². The van der Waals surface area contributed by atoms with Crippen molar-refractivity contribution in [3.05, 3.63) is 11.6 Å². The van der Waals surface area contributed by atoms with Gasteiger partial charge in [-0.2, -0.15) is 0 Å². The molecular formula is C18H34F2O. The van der Waals surface area contributed by atoms with Crippen LogP contribution in [0.15, 0.2) is 11.6 Å². The first kappa shape index (κ1) is 20.6. The van der Waals surface area contributed by atoms with Crippen molar-refractivity contribution in [3.8, 4) is 0 Å². The second-order valence-corrected chi connectivity index (χ2v) is 7.99. The van der Waals surface area contributed by atoms with Crippen LogP contribution in [0.2, 0.25) is 0 Å². The maximum atomic E-state index is 14.9. The molecule has 0 bridgehead atoms. The van der Waals surface area contributed by atoms with Crippen LogP contribution in [0.25, 0.3) is 0 Å². The molecule has 0 aliphatic rings. The lowest BCUT2D eigenvalue weighted by molar-refractivity contribution is -0.125. The van der Waals surface area contributed by atoms with Gasteiger partial charge < -0.3 is 5.11 Å². The molecule has 1 unspecified atom stereocenters. The second-order valence-electron chi connectivity index (χ2n) is 7.99. The van der Waals surface area contributed by atoms with E-state index in [1.54, 1.807) is 33.8 Å². The molecule has 0 saturated carbocycles. The van der Waals surface area contributed by atoms with E-state index in [1.807, 2.05) is 27.7 Å². The van der Waals surface area contributed by atoms with Crippen molar-refractivity contribution in [1.82, 2.24) is 0 Å². The first-order valence-electron chi connectivity index (χ1n) is 7.98. The van der Waals surface area contributed by atoms with Crippen molar-refractivity contribution < 1.29 is 13.9 Å². The normalized spacial score (nSPS) is 17.8. The number of hydrogen-bond acceptors (Lipinski definition) is 1. The Bertz CT molecular complexity index is 364. The summed E-state index contributed by atoms with van der Waals surface area (Å²) in [5, 5.41) is 9.80. The molecule has 0 amide bonds. The van der Waals surface area contributed by atoms with Crippen LogP contribution in [0.5, 0.6) is 0 Å². The van der Waals surface area contributed by atoms with Crippen molar-refractivity contribution >= 4 is 0 Å². The van der Waals surface area contributed by atoms with Crippen LogP contribution in [0.3, 0.4) is 0 Å². The molecule has 1 nitrogen and oxygen atoms in total. The highest BCUT2D eigenvalue weighted by atomic mass is 19.3. The van der Waals surface area contributed by atoms with Crippen molar-refractivity contribution in [2.45, 2.75) is 92.6 Å². The van der Waals surface area contributed by atoms with Gasteiger partial charge in [-0.1, -0.05) is 52.7 Å². The molecular weight excluding hydrogens is 270 g/mol. The van der Waals surface area contributed by atoms with Gasteiger partial charge in [0.1, 0.15) is 0 Å². The maximum absolute atomic E-state index is 14.9. The predicted octanol–water partition coefficient (Wildman–Crippen LogP) is 5.97. The standard InChI is InChI=1S/C18H34F2O/c1-9-15(4,5)13-18(19,20)17(8,10-2)14(3)11-12-16(6,7)21/h11,21H,9-10,12-13H2,1-8H3/b14-11+. The quantitative estimate of drug-likeness (QED) is 0.548. The Morgan fingerprint density at radius 1 is 1.00 bits per heavy atom. The third-order valence-electron chi connectivity index (χ3n) is 4.95. The molecule has 0 aromatic carbocycles. The van der Waals surface area contributed by atoms with Gasteiger partial charge >= 0.3 is 0 Å². The minimum atomic E-state index is -2.76. The molecule has 1 atom stereocenters. The summed E-state index contributed by atoms with van der Waals surface area (Å²) in [6.45, 7) is 14.4. The number of allylic oxidation sites excluding steroid dienone is 1. The molecule has 21 heavy (non-hydrogen) atoms. The summed E-state index contributed by atoms with van der Waals surface area (Å²) in [5.41, 5.74) is -1.74. The zero-order valence-corrected chi connectivity index (χ0v) is 15.1. The monoisotopic (exact) mass is 304 g/mol. The van der Waals surface area contributed by atoms with Gasteiger partial charge in [-0.15, -0.1) is 0 Å². The lowest BCUT2D eigenvalue weighted by atomic mass is 9.68. The van der Waals surface area contributed by atoms with Crippen molar-refractivity contribution in [3.63, 3.8) is 0 Å². The Hall–Kier alpha value is -0.440. The number of aliphatic hydroxyl groups is 1. The summed E-state index contributed by atoms with van der Waals surface area (Å²) in [5.74, 6) is -2.76. The molecule has 0 spiro atoms. The number of hydrogen-bond donors (Lipinski definition) is 1. The van der Waals surface area contributed by atoms with Crippen LogP contribution >= 0.6 is 0 Å². The Kier molecular flexibility index (Phi) is 6.62. The summed E-state index contributed by atoms with van der Waals surface area (Å²) in [6, 6.07) is 0. The number of rotatable bonds is 8. The van der Waals surface area contributed by atoms with E-state index in [4.69, 9.17) is 0 Å². The molecule has 0 heterocycles. The van der Waals surface area contributed by atoms with E-state index in [1.165, 1.54) is 0 Å². The van der Waals surface area contributed by atoms with E-state index in [-0.39, 0.29) is 11.8 Å². The largest absolute Gasteiger partial charge is 0.390 e. The second kappa shape index (κ2) is 6.76. The Balaban J connectivity index is 5.42. The average Bonchev–Trinajstić information content (AvgIpc) is 2.32. The van der Waals surface area contributed by atoms with Crippen molar-refractivity contribution in [2.24, 2.45) is 10.8 Å². The number of alkyl halides is 2. The average molecular weight is 304 g/mol. The fourth-order valence-corrected chi connectivity index (χ4v) is 2.38. The van der Waals surface area contributed by atoms with Gasteiger partial charge in [0, 0.05) is 6.42 Å². The van der Waals surface area contributed by atoms with E-state index in [2.05, 4.69) is 0 Å². The molecule has 1 N–H and O–H groups in total. The Morgan fingerprint density at radius 2 is 1.48 bits per heavy atom. The highest BCUT2D eigenvalue weighted by molar-refractivity contribution is 5.17. The summed E-state index contributed by atoms with van der Waals surface area (Å²) in [7, 11) is 0. The number of halogens is 2. The Morgan fingerprint density at radius 3 is 1.81 bits per heavy atom. The molecule has 0 aliphatic carbocycles. The SMILES string of the molecule is CCC(C)(C)CC(F)(F)C(C)(CC)/C(C)=C/CC(C)(C)O. The highest BCUT2D eigenvalue weighted by Crippen LogP contribution is 2.51. The van der Waals surface area contributed by atoms with Crippen LogP contribution < -0.4 is 0 Å². The summed E-state index contributed by atoms with van der Waals surface area (Å²) in [6.07, 6.45) is 3.16. The van der Waals surface area contributed by atoms with E-state index >= 15 is 0 Å². The summed E-state index contributed by atoms with van der Waals surface area (Å²) in [4.78, 5) is 0. The van der Waals surface area contributed by atoms with E-state index in [0.29, 0.717) is 18.4 Å². The van der Waals surface area contributed by atoms with Gasteiger partial charge in [-0.3, -0.25) is 0 Å². The molecule has 0 radical (unpaired) electrons. The minimum Gasteiger partial charge on any atom is -0.390 e. The van der Waals surface area contributed by atoms with E-state index in [0.717, 1.165) is 6.42 Å². The first-order chi connectivity index (χ1) is 9.21. The van der Waals surface area contributed by atoms with Gasteiger partial charge in [0.15, 0.2) is 0 Å². The Labute approximate surface area is 129 Å². The fraction of sp³-hybridized carbons (Fsp3) is 0.889. The van der Waals surface area contributed by atoms with Crippen molar-refractivity contribution in [1.29, 1.82) is 0 Å². The van der Waals surface area contributed by atoms with E-state index < -0.39 is 16.9 Å². The topological polar surface area (TPSA) is 20.2 Å². The van der Waals surface area contributed by atoms with Crippen LogP contribution in [0, 0.1) is 10.8 Å². The van der Waals surface area contributed by atoms with Gasteiger partial charge in [0.25, 0.3) is 5.92 Å². The summed E-state index contributed by atoms with van der Waals surface area (Å²) >= 11 is 0. The molecule has 3 heteroatoms. The third-order valence-corrected chi connectivity index (χ3v) is 4.95. The van der Waals surface area contributed by atoms with E-state index in [9.17, 15) is 13.9 Å². The molecule has 0 fully saturated rings. The molecule has 0 aromatic heterocycles. The zero-order chi connectivity index (χ0) is 17.1. The van der Waals surface area contributed by atoms with Crippen LogP contribution in [0.4, 0.5) is 8.78 Å². The highest BCUT2D eigenvalue weighted by Gasteiger charge is 2.51. The maximum Gasteiger partial charge on any atom is 0.257 e. The van der Waals surface area contributed by atoms with Crippen LogP contribution in [0.1, 0.15) is 81.1 Å². The van der Waals surface area contributed by atoms with Crippen LogP contribution in [-0.4, -0.2) is 16.6 Å². The minimum absolute atomic E-state index is 0.117. The molecule has 0 aliphatic heterocycles. The smallest absolute Gasteiger partial charge is 0.257 e.